The van der Waals surface area contributed by atoms with E-state index in [2.05, 4.69) is 20.9 Å². The maximum absolute atomic E-state index is 11.6. The van der Waals surface area contributed by atoms with Crippen molar-refractivity contribution in [3.05, 3.63) is 45.7 Å². The Hall–Kier alpha value is -2.55. The van der Waals surface area contributed by atoms with E-state index in [0.717, 1.165) is 0 Å². The van der Waals surface area contributed by atoms with Crippen LogP contribution in [-0.4, -0.2) is 9.91 Å². The van der Waals surface area contributed by atoms with Gasteiger partial charge in [0.05, 0.1) is 16.8 Å². The standard InChI is InChI=1S/C12H15N7O2/c1-7(2)5-12(13)8-3-4-14-6-9(8)18-11(15-16-17-18)10(12)19(20)21/h3-4,6-7H,5,13H2,1-2H3,(H,15,17). The monoisotopic (exact) mass is 289 g/mol. The summed E-state index contributed by atoms with van der Waals surface area (Å²) < 4.78 is 0. The van der Waals surface area contributed by atoms with Crippen LogP contribution in [0.1, 0.15) is 25.8 Å². The van der Waals surface area contributed by atoms with Crippen molar-refractivity contribution in [1.82, 2.24) is 10.5 Å². The van der Waals surface area contributed by atoms with Gasteiger partial charge >= 0.3 is 5.70 Å². The zero-order valence-corrected chi connectivity index (χ0v) is 11.6. The maximum Gasteiger partial charge on any atom is 0.316 e. The summed E-state index contributed by atoms with van der Waals surface area (Å²) in [5.74, 6) is 0.285. The lowest BCUT2D eigenvalue weighted by molar-refractivity contribution is -0.438. The lowest BCUT2D eigenvalue weighted by Gasteiger charge is -2.36. The first-order valence-corrected chi connectivity index (χ1v) is 6.54. The number of hydrogen-bond acceptors (Lipinski definition) is 8. The zero-order chi connectivity index (χ0) is 15.2. The SMILES string of the molecule is CC(C)CC1(N)C([N+](=O)[O-])=C2N=NNN2c2cnccc21. The number of hydrogen-bond donors (Lipinski definition) is 2. The smallest absolute Gasteiger partial charge is 0.312 e. The molecule has 0 saturated carbocycles. The minimum absolute atomic E-state index is 0.114. The Morgan fingerprint density at radius 3 is 3.00 bits per heavy atom. The minimum atomic E-state index is -1.23. The average Bonchev–Trinajstić information content (AvgIpc) is 2.86. The fourth-order valence-corrected chi connectivity index (χ4v) is 2.89. The number of rotatable bonds is 3. The predicted octanol–water partition coefficient (Wildman–Crippen LogP) is 1.43. The highest BCUT2D eigenvalue weighted by Gasteiger charge is 2.52. The Balaban J connectivity index is 2.29. The van der Waals surface area contributed by atoms with Gasteiger partial charge in [0.25, 0.3) is 5.82 Å². The first-order chi connectivity index (χ1) is 9.95. The number of nitrogens with zero attached hydrogens (tertiary/aromatic N) is 5. The van der Waals surface area contributed by atoms with E-state index in [0.29, 0.717) is 17.7 Å². The van der Waals surface area contributed by atoms with Gasteiger partial charge in [-0.1, -0.05) is 19.1 Å². The van der Waals surface area contributed by atoms with Crippen LogP contribution in [0.25, 0.3) is 0 Å². The summed E-state index contributed by atoms with van der Waals surface area (Å²) in [6.07, 6.45) is 3.60. The molecule has 21 heavy (non-hydrogen) atoms. The topological polar surface area (TPSA) is 122 Å². The van der Waals surface area contributed by atoms with Gasteiger partial charge < -0.3 is 5.73 Å². The molecule has 0 bridgehead atoms. The molecule has 9 heteroatoms. The number of aromatic nitrogens is 1. The first-order valence-electron chi connectivity index (χ1n) is 6.54. The highest BCUT2D eigenvalue weighted by Crippen LogP contribution is 2.45. The molecule has 3 N–H and O–H groups in total. The second-order valence-electron chi connectivity index (χ2n) is 5.53. The van der Waals surface area contributed by atoms with Gasteiger partial charge in [-0.3, -0.25) is 15.1 Å². The van der Waals surface area contributed by atoms with E-state index in [1.165, 1.54) is 5.01 Å². The second-order valence-corrected chi connectivity index (χ2v) is 5.53. The van der Waals surface area contributed by atoms with Gasteiger partial charge in [0.2, 0.25) is 0 Å². The molecule has 1 aromatic rings. The molecule has 2 aliphatic rings. The Bertz CT molecular complexity index is 669. The molecule has 0 amide bonds. The summed E-state index contributed by atoms with van der Waals surface area (Å²) in [7, 11) is 0. The van der Waals surface area contributed by atoms with Crippen LogP contribution < -0.4 is 16.3 Å². The predicted molar refractivity (Wildman–Crippen MR) is 74.0 cm³/mol. The summed E-state index contributed by atoms with van der Waals surface area (Å²) in [4.78, 5) is 15.2. The van der Waals surface area contributed by atoms with E-state index in [1.54, 1.807) is 18.5 Å². The molecule has 3 heterocycles. The van der Waals surface area contributed by atoms with Crippen LogP contribution in [0.15, 0.2) is 40.3 Å². The molecule has 1 atom stereocenters. The van der Waals surface area contributed by atoms with E-state index in [4.69, 9.17) is 5.73 Å². The van der Waals surface area contributed by atoms with Crippen molar-refractivity contribution >= 4 is 5.69 Å². The van der Waals surface area contributed by atoms with Crippen LogP contribution >= 0.6 is 0 Å². The molecule has 1 unspecified atom stereocenters. The summed E-state index contributed by atoms with van der Waals surface area (Å²) >= 11 is 0. The third kappa shape index (κ3) is 1.85. The zero-order valence-electron chi connectivity index (χ0n) is 11.6. The van der Waals surface area contributed by atoms with E-state index in [-0.39, 0.29) is 17.4 Å². The van der Waals surface area contributed by atoms with E-state index in [9.17, 15) is 10.1 Å². The normalized spacial score (nSPS) is 23.1. The molecule has 0 aromatic carbocycles. The fraction of sp³-hybridized carbons (Fsp3) is 0.417. The number of nitrogens with one attached hydrogen (secondary N) is 1. The van der Waals surface area contributed by atoms with Crippen LogP contribution in [-0.2, 0) is 5.54 Å². The van der Waals surface area contributed by atoms with Crippen molar-refractivity contribution in [2.24, 2.45) is 22.0 Å². The molecule has 0 aliphatic carbocycles. The van der Waals surface area contributed by atoms with Crippen molar-refractivity contribution in [3.8, 4) is 0 Å². The van der Waals surface area contributed by atoms with Gasteiger partial charge in [-0.25, -0.2) is 5.01 Å². The minimum Gasteiger partial charge on any atom is -0.312 e. The second kappa shape index (κ2) is 4.48. The van der Waals surface area contributed by atoms with E-state index < -0.39 is 10.5 Å². The quantitative estimate of drug-likeness (QED) is 0.641. The molecule has 2 aliphatic heterocycles. The molecule has 0 saturated heterocycles. The van der Waals surface area contributed by atoms with Crippen molar-refractivity contribution in [1.29, 1.82) is 0 Å². The third-order valence-electron chi connectivity index (χ3n) is 3.57. The number of nitro groups is 1. The fourth-order valence-electron chi connectivity index (χ4n) is 2.89. The maximum atomic E-state index is 11.6. The molecule has 0 fully saturated rings. The summed E-state index contributed by atoms with van der Waals surface area (Å²) in [5, 5.41) is 20.5. The van der Waals surface area contributed by atoms with Crippen LogP contribution in [0, 0.1) is 16.0 Å². The van der Waals surface area contributed by atoms with Gasteiger partial charge in [-0.2, -0.15) is 5.53 Å². The van der Waals surface area contributed by atoms with Crippen molar-refractivity contribution in [2.75, 3.05) is 5.01 Å². The highest BCUT2D eigenvalue weighted by atomic mass is 16.6. The Kier molecular flexibility index (Phi) is 2.87. The lowest BCUT2D eigenvalue weighted by Crippen LogP contribution is -2.49. The molecular weight excluding hydrogens is 274 g/mol. The van der Waals surface area contributed by atoms with Crippen molar-refractivity contribution < 1.29 is 4.92 Å². The Labute approximate surface area is 120 Å². The van der Waals surface area contributed by atoms with Crippen molar-refractivity contribution in [2.45, 2.75) is 25.8 Å². The molecule has 0 spiro atoms. The van der Waals surface area contributed by atoms with Gasteiger partial charge in [-0.05, 0) is 18.4 Å². The van der Waals surface area contributed by atoms with Crippen LogP contribution in [0.3, 0.4) is 0 Å². The molecular formula is C12H15N7O2. The number of hydrazine groups is 1. The van der Waals surface area contributed by atoms with E-state index in [1.807, 2.05) is 13.8 Å². The first kappa shape index (κ1) is 13.4. The van der Waals surface area contributed by atoms with Gasteiger partial charge in [0.1, 0.15) is 5.54 Å². The van der Waals surface area contributed by atoms with Crippen LogP contribution in [0.4, 0.5) is 5.69 Å². The molecule has 0 radical (unpaired) electrons. The third-order valence-corrected chi connectivity index (χ3v) is 3.57. The molecule has 9 nitrogen and oxygen atoms in total. The van der Waals surface area contributed by atoms with Crippen LogP contribution in [0.5, 0.6) is 0 Å². The number of anilines is 1. The van der Waals surface area contributed by atoms with Crippen LogP contribution in [0.2, 0.25) is 0 Å². The number of pyridine rings is 1. The van der Waals surface area contributed by atoms with Crippen molar-refractivity contribution in [3.63, 3.8) is 0 Å². The number of fused-ring (bicyclic) bond motifs is 3. The largest absolute Gasteiger partial charge is 0.316 e. The molecule has 1 aromatic heterocycles. The Morgan fingerprint density at radius 1 is 1.57 bits per heavy atom. The molecule has 3 rings (SSSR count). The lowest BCUT2D eigenvalue weighted by atomic mass is 9.78. The van der Waals surface area contributed by atoms with E-state index >= 15 is 0 Å². The number of nitrogens with two attached hydrogens (primary N) is 1. The Morgan fingerprint density at radius 2 is 2.33 bits per heavy atom. The average molecular weight is 289 g/mol. The van der Waals surface area contributed by atoms with Gasteiger partial charge in [-0.15, -0.1) is 5.11 Å². The van der Waals surface area contributed by atoms with Gasteiger partial charge in [0.15, 0.2) is 0 Å². The molecule has 110 valence electrons. The summed E-state index contributed by atoms with van der Waals surface area (Å²) in [6, 6.07) is 1.71. The highest BCUT2D eigenvalue weighted by molar-refractivity contribution is 5.64. The summed E-state index contributed by atoms with van der Waals surface area (Å²) in [5.41, 5.74) is 9.01. The summed E-state index contributed by atoms with van der Waals surface area (Å²) in [6.45, 7) is 3.94. The van der Waals surface area contributed by atoms with Gasteiger partial charge in [0, 0.05) is 11.8 Å².